The van der Waals surface area contributed by atoms with E-state index < -0.39 is 0 Å². The highest BCUT2D eigenvalue weighted by molar-refractivity contribution is 5.94. The van der Waals surface area contributed by atoms with Crippen molar-refractivity contribution in [1.82, 2.24) is 5.32 Å². The van der Waals surface area contributed by atoms with E-state index in [0.29, 0.717) is 36.8 Å². The van der Waals surface area contributed by atoms with Crippen LogP contribution in [-0.4, -0.2) is 39.9 Å². The molecule has 2 aromatic rings. The Morgan fingerprint density at radius 3 is 2.38 bits per heavy atom. The number of amides is 1. The van der Waals surface area contributed by atoms with Gasteiger partial charge in [-0.25, -0.2) is 0 Å². The van der Waals surface area contributed by atoms with Gasteiger partial charge in [0.2, 0.25) is 0 Å². The SMILES string of the molecule is COc1ccc(C2(CNC(=O)c3ccccc3)CCOCC2)cc1OC. The van der Waals surface area contributed by atoms with Gasteiger partial charge in [-0.15, -0.1) is 0 Å². The molecule has 138 valence electrons. The molecule has 3 rings (SSSR count). The van der Waals surface area contributed by atoms with Gasteiger partial charge in [0, 0.05) is 30.7 Å². The number of carbonyl (C=O) groups excluding carboxylic acids is 1. The zero-order valence-electron chi connectivity index (χ0n) is 15.3. The molecular weight excluding hydrogens is 330 g/mol. The minimum atomic E-state index is -0.178. The molecule has 1 N–H and O–H groups in total. The van der Waals surface area contributed by atoms with Gasteiger partial charge in [0.05, 0.1) is 14.2 Å². The number of hydrogen-bond acceptors (Lipinski definition) is 4. The average molecular weight is 355 g/mol. The van der Waals surface area contributed by atoms with Gasteiger partial charge < -0.3 is 19.5 Å². The van der Waals surface area contributed by atoms with E-state index in [1.54, 1.807) is 14.2 Å². The number of carbonyl (C=O) groups is 1. The van der Waals surface area contributed by atoms with Crippen LogP contribution in [0, 0.1) is 0 Å². The summed E-state index contributed by atoms with van der Waals surface area (Å²) >= 11 is 0. The fourth-order valence-electron chi connectivity index (χ4n) is 3.44. The van der Waals surface area contributed by atoms with Crippen molar-refractivity contribution in [2.24, 2.45) is 0 Å². The summed E-state index contributed by atoms with van der Waals surface area (Å²) in [6, 6.07) is 15.3. The second kappa shape index (κ2) is 8.23. The Morgan fingerprint density at radius 2 is 1.73 bits per heavy atom. The third kappa shape index (κ3) is 3.83. The Balaban J connectivity index is 1.84. The van der Waals surface area contributed by atoms with Gasteiger partial charge in [0.25, 0.3) is 5.91 Å². The predicted octanol–water partition coefficient (Wildman–Crippen LogP) is 3.18. The van der Waals surface area contributed by atoms with Crippen LogP contribution in [0.25, 0.3) is 0 Å². The lowest BCUT2D eigenvalue weighted by atomic mass is 9.74. The van der Waals surface area contributed by atoms with Crippen LogP contribution in [0.2, 0.25) is 0 Å². The first-order valence-corrected chi connectivity index (χ1v) is 8.82. The lowest BCUT2D eigenvalue weighted by Gasteiger charge is -2.38. The van der Waals surface area contributed by atoms with Crippen LogP contribution in [0.5, 0.6) is 11.5 Å². The molecule has 0 atom stereocenters. The van der Waals surface area contributed by atoms with Crippen LogP contribution in [0.1, 0.15) is 28.8 Å². The van der Waals surface area contributed by atoms with E-state index >= 15 is 0 Å². The number of ether oxygens (including phenoxy) is 3. The van der Waals surface area contributed by atoms with E-state index in [1.165, 1.54) is 0 Å². The summed E-state index contributed by atoms with van der Waals surface area (Å²) in [5.41, 5.74) is 1.62. The number of hydrogen-bond donors (Lipinski definition) is 1. The van der Waals surface area contributed by atoms with Gasteiger partial charge >= 0.3 is 0 Å². The van der Waals surface area contributed by atoms with Crippen molar-refractivity contribution in [2.45, 2.75) is 18.3 Å². The molecule has 0 radical (unpaired) electrons. The van der Waals surface area contributed by atoms with Crippen molar-refractivity contribution >= 4 is 5.91 Å². The normalized spacial score (nSPS) is 15.9. The van der Waals surface area contributed by atoms with Crippen LogP contribution in [-0.2, 0) is 10.2 Å². The summed E-state index contributed by atoms with van der Waals surface area (Å²) in [4.78, 5) is 12.5. The molecular formula is C21H25NO4. The third-order valence-electron chi connectivity index (χ3n) is 5.07. The van der Waals surface area contributed by atoms with Crippen molar-refractivity contribution in [3.8, 4) is 11.5 Å². The van der Waals surface area contributed by atoms with Gasteiger partial charge in [0.1, 0.15) is 0 Å². The summed E-state index contributed by atoms with van der Waals surface area (Å²) in [5, 5.41) is 3.11. The van der Waals surface area contributed by atoms with Gasteiger partial charge in [-0.3, -0.25) is 4.79 Å². The van der Waals surface area contributed by atoms with Crippen LogP contribution >= 0.6 is 0 Å². The lowest BCUT2D eigenvalue weighted by molar-refractivity contribution is 0.0486. The van der Waals surface area contributed by atoms with Crippen LogP contribution in [0.3, 0.4) is 0 Å². The molecule has 0 spiro atoms. The Bertz CT molecular complexity index is 739. The predicted molar refractivity (Wildman–Crippen MR) is 100 cm³/mol. The van der Waals surface area contributed by atoms with Crippen LogP contribution in [0.15, 0.2) is 48.5 Å². The fourth-order valence-corrected chi connectivity index (χ4v) is 3.44. The van der Waals surface area contributed by atoms with Gasteiger partial charge in [-0.05, 0) is 42.7 Å². The third-order valence-corrected chi connectivity index (χ3v) is 5.07. The zero-order chi connectivity index (χ0) is 18.4. The summed E-state index contributed by atoms with van der Waals surface area (Å²) in [5.74, 6) is 1.34. The Hall–Kier alpha value is -2.53. The number of nitrogens with one attached hydrogen (secondary N) is 1. The second-order valence-corrected chi connectivity index (χ2v) is 6.51. The van der Waals surface area contributed by atoms with Crippen molar-refractivity contribution in [2.75, 3.05) is 34.0 Å². The monoisotopic (exact) mass is 355 g/mol. The maximum Gasteiger partial charge on any atom is 0.251 e. The maximum absolute atomic E-state index is 12.5. The number of rotatable bonds is 6. The minimum absolute atomic E-state index is 0.0584. The molecule has 1 fully saturated rings. The largest absolute Gasteiger partial charge is 0.493 e. The highest BCUT2D eigenvalue weighted by atomic mass is 16.5. The molecule has 2 aromatic carbocycles. The number of benzene rings is 2. The van der Waals surface area contributed by atoms with E-state index in [1.807, 2.05) is 42.5 Å². The Morgan fingerprint density at radius 1 is 1.04 bits per heavy atom. The summed E-state index contributed by atoms with van der Waals surface area (Å²) < 4.78 is 16.4. The summed E-state index contributed by atoms with van der Waals surface area (Å²) in [7, 11) is 3.26. The van der Waals surface area contributed by atoms with E-state index in [4.69, 9.17) is 14.2 Å². The molecule has 1 amide bonds. The average Bonchev–Trinajstić information content (AvgIpc) is 2.72. The maximum atomic E-state index is 12.5. The van der Waals surface area contributed by atoms with E-state index in [9.17, 15) is 4.79 Å². The topological polar surface area (TPSA) is 56.8 Å². The van der Waals surface area contributed by atoms with Crippen LogP contribution in [0.4, 0.5) is 0 Å². The molecule has 5 heteroatoms. The zero-order valence-corrected chi connectivity index (χ0v) is 15.3. The Labute approximate surface area is 154 Å². The molecule has 26 heavy (non-hydrogen) atoms. The van der Waals surface area contributed by atoms with Crippen LogP contribution < -0.4 is 14.8 Å². The molecule has 1 aliphatic rings. The highest BCUT2D eigenvalue weighted by Gasteiger charge is 2.35. The van der Waals surface area contributed by atoms with Crippen molar-refractivity contribution in [3.63, 3.8) is 0 Å². The smallest absolute Gasteiger partial charge is 0.251 e. The molecule has 0 bridgehead atoms. The van der Waals surface area contributed by atoms with Crippen molar-refractivity contribution in [3.05, 3.63) is 59.7 Å². The summed E-state index contributed by atoms with van der Waals surface area (Å²) in [6.07, 6.45) is 1.69. The molecule has 0 aliphatic carbocycles. The molecule has 1 heterocycles. The molecule has 1 aliphatic heterocycles. The first-order chi connectivity index (χ1) is 12.7. The van der Waals surface area contributed by atoms with Crippen molar-refractivity contribution in [1.29, 1.82) is 0 Å². The molecule has 5 nitrogen and oxygen atoms in total. The molecule has 1 saturated heterocycles. The minimum Gasteiger partial charge on any atom is -0.493 e. The first kappa shape index (κ1) is 18.3. The molecule has 0 unspecified atom stereocenters. The molecule has 0 aromatic heterocycles. The van der Waals surface area contributed by atoms with E-state index in [0.717, 1.165) is 18.4 Å². The lowest BCUT2D eigenvalue weighted by Crippen LogP contribution is -2.44. The van der Waals surface area contributed by atoms with E-state index in [2.05, 4.69) is 11.4 Å². The Kier molecular flexibility index (Phi) is 5.78. The van der Waals surface area contributed by atoms with Gasteiger partial charge in [-0.2, -0.15) is 0 Å². The number of methoxy groups -OCH3 is 2. The molecule has 0 saturated carbocycles. The second-order valence-electron chi connectivity index (χ2n) is 6.51. The fraction of sp³-hybridized carbons (Fsp3) is 0.381. The first-order valence-electron chi connectivity index (χ1n) is 8.82. The summed E-state index contributed by atoms with van der Waals surface area (Å²) in [6.45, 7) is 1.91. The standard InChI is InChI=1S/C21H25NO4/c1-24-18-9-8-17(14-19(18)25-2)21(10-12-26-13-11-21)15-22-20(23)16-6-4-3-5-7-16/h3-9,14H,10-13,15H2,1-2H3,(H,22,23). The van der Waals surface area contributed by atoms with Gasteiger partial charge in [-0.1, -0.05) is 24.3 Å². The quantitative estimate of drug-likeness (QED) is 0.865. The van der Waals surface area contributed by atoms with Crippen molar-refractivity contribution < 1.29 is 19.0 Å². The highest BCUT2D eigenvalue weighted by Crippen LogP contribution is 2.38. The van der Waals surface area contributed by atoms with Gasteiger partial charge in [0.15, 0.2) is 11.5 Å². The van der Waals surface area contributed by atoms with E-state index in [-0.39, 0.29) is 11.3 Å².